The number of rotatable bonds is 6. The van der Waals surface area contributed by atoms with E-state index in [9.17, 15) is 4.79 Å². The molecule has 1 aliphatic heterocycles. The van der Waals surface area contributed by atoms with E-state index in [1.54, 1.807) is 12.1 Å². The summed E-state index contributed by atoms with van der Waals surface area (Å²) in [4.78, 5) is 14.3. The molecule has 1 aromatic carbocycles. The van der Waals surface area contributed by atoms with Crippen LogP contribution in [0.1, 0.15) is 17.3 Å². The summed E-state index contributed by atoms with van der Waals surface area (Å²) in [6.07, 6.45) is 0. The van der Waals surface area contributed by atoms with Crippen molar-refractivity contribution in [3.8, 4) is 5.75 Å². The van der Waals surface area contributed by atoms with Crippen LogP contribution in [0.2, 0.25) is 0 Å². The van der Waals surface area contributed by atoms with Gasteiger partial charge in [-0.2, -0.15) is 0 Å². The summed E-state index contributed by atoms with van der Waals surface area (Å²) in [5.74, 6) is 0.771. The van der Waals surface area contributed by atoms with Crippen molar-refractivity contribution >= 4 is 5.91 Å². The minimum atomic E-state index is -0.0248. The van der Waals surface area contributed by atoms with Gasteiger partial charge in [0.15, 0.2) is 0 Å². The summed E-state index contributed by atoms with van der Waals surface area (Å²) < 4.78 is 5.36. The van der Waals surface area contributed by atoms with Crippen LogP contribution < -0.4 is 15.4 Å². The largest absolute Gasteiger partial charge is 0.494 e. The lowest BCUT2D eigenvalue weighted by Crippen LogP contribution is -2.46. The zero-order chi connectivity index (χ0) is 14.2. The van der Waals surface area contributed by atoms with Crippen LogP contribution in [0, 0.1) is 0 Å². The van der Waals surface area contributed by atoms with E-state index < -0.39 is 0 Å². The molecule has 20 heavy (non-hydrogen) atoms. The smallest absolute Gasteiger partial charge is 0.251 e. The standard InChI is InChI=1S/C15H23N3O2/c1-2-20-14-5-3-13(4-6-14)15(19)17-9-12-18-10-7-16-8-11-18/h3-6,16H,2,7-12H2,1H3,(H,17,19). The first kappa shape index (κ1) is 14.8. The minimum Gasteiger partial charge on any atom is -0.494 e. The summed E-state index contributed by atoms with van der Waals surface area (Å²) in [7, 11) is 0. The fourth-order valence-corrected chi connectivity index (χ4v) is 2.23. The Labute approximate surface area is 120 Å². The van der Waals surface area contributed by atoms with Gasteiger partial charge in [-0.05, 0) is 31.2 Å². The predicted octanol–water partition coefficient (Wildman–Crippen LogP) is 0.720. The Morgan fingerprint density at radius 3 is 2.65 bits per heavy atom. The first-order chi connectivity index (χ1) is 9.79. The predicted molar refractivity (Wildman–Crippen MR) is 79.3 cm³/mol. The third-order valence-electron chi connectivity index (χ3n) is 3.35. The molecule has 0 atom stereocenters. The molecule has 0 aromatic heterocycles. The molecule has 0 aliphatic carbocycles. The summed E-state index contributed by atoms with van der Waals surface area (Å²) in [5, 5.41) is 6.27. The van der Waals surface area contributed by atoms with Gasteiger partial charge in [0, 0.05) is 44.8 Å². The van der Waals surface area contributed by atoms with Crippen molar-refractivity contribution in [1.82, 2.24) is 15.5 Å². The van der Waals surface area contributed by atoms with Gasteiger partial charge in [0.1, 0.15) is 5.75 Å². The molecular weight excluding hydrogens is 254 g/mol. The van der Waals surface area contributed by atoms with E-state index in [0.29, 0.717) is 18.7 Å². The minimum absolute atomic E-state index is 0.0248. The zero-order valence-electron chi connectivity index (χ0n) is 12.0. The van der Waals surface area contributed by atoms with E-state index >= 15 is 0 Å². The maximum absolute atomic E-state index is 12.0. The van der Waals surface area contributed by atoms with Gasteiger partial charge in [-0.25, -0.2) is 0 Å². The van der Waals surface area contributed by atoms with Crippen LogP contribution in [0.5, 0.6) is 5.75 Å². The van der Waals surface area contributed by atoms with E-state index in [2.05, 4.69) is 15.5 Å². The van der Waals surface area contributed by atoms with Crippen LogP contribution in [0.25, 0.3) is 0 Å². The number of carbonyl (C=O) groups is 1. The van der Waals surface area contributed by atoms with Crippen LogP contribution in [-0.4, -0.2) is 56.7 Å². The highest BCUT2D eigenvalue weighted by Crippen LogP contribution is 2.11. The highest BCUT2D eigenvalue weighted by atomic mass is 16.5. The Hall–Kier alpha value is -1.59. The van der Waals surface area contributed by atoms with Crippen molar-refractivity contribution in [2.75, 3.05) is 45.9 Å². The molecule has 2 N–H and O–H groups in total. The second-order valence-electron chi connectivity index (χ2n) is 4.80. The molecule has 1 amide bonds. The second-order valence-corrected chi connectivity index (χ2v) is 4.80. The topological polar surface area (TPSA) is 53.6 Å². The van der Waals surface area contributed by atoms with E-state index in [1.807, 2.05) is 19.1 Å². The number of carbonyl (C=O) groups excluding carboxylic acids is 1. The lowest BCUT2D eigenvalue weighted by atomic mass is 10.2. The summed E-state index contributed by atoms with van der Waals surface area (Å²) in [6, 6.07) is 7.25. The van der Waals surface area contributed by atoms with E-state index in [-0.39, 0.29) is 5.91 Å². The number of nitrogens with one attached hydrogen (secondary N) is 2. The number of piperazine rings is 1. The molecular formula is C15H23N3O2. The maximum Gasteiger partial charge on any atom is 0.251 e. The van der Waals surface area contributed by atoms with Crippen molar-refractivity contribution in [2.45, 2.75) is 6.92 Å². The fraction of sp³-hybridized carbons (Fsp3) is 0.533. The van der Waals surface area contributed by atoms with Gasteiger partial charge in [-0.1, -0.05) is 0 Å². The molecule has 1 fully saturated rings. The SMILES string of the molecule is CCOc1ccc(C(=O)NCCN2CCNCC2)cc1. The Morgan fingerprint density at radius 2 is 2.00 bits per heavy atom. The van der Waals surface area contributed by atoms with Gasteiger partial charge in [-0.15, -0.1) is 0 Å². The highest BCUT2D eigenvalue weighted by Gasteiger charge is 2.10. The van der Waals surface area contributed by atoms with Crippen molar-refractivity contribution in [2.24, 2.45) is 0 Å². The lowest BCUT2D eigenvalue weighted by Gasteiger charge is -2.27. The molecule has 1 heterocycles. The molecule has 110 valence electrons. The molecule has 0 spiro atoms. The third-order valence-corrected chi connectivity index (χ3v) is 3.35. The molecule has 0 saturated carbocycles. The highest BCUT2D eigenvalue weighted by molar-refractivity contribution is 5.94. The molecule has 1 aliphatic rings. The second kappa shape index (κ2) is 7.87. The van der Waals surface area contributed by atoms with Crippen molar-refractivity contribution in [3.63, 3.8) is 0 Å². The number of nitrogens with zero attached hydrogens (tertiary/aromatic N) is 1. The van der Waals surface area contributed by atoms with Crippen molar-refractivity contribution < 1.29 is 9.53 Å². The first-order valence-electron chi connectivity index (χ1n) is 7.23. The average Bonchev–Trinajstić information content (AvgIpc) is 2.49. The van der Waals surface area contributed by atoms with Gasteiger partial charge in [0.05, 0.1) is 6.61 Å². The molecule has 1 aromatic rings. The van der Waals surface area contributed by atoms with Crippen LogP contribution in [0.4, 0.5) is 0 Å². The maximum atomic E-state index is 12.0. The number of amides is 1. The zero-order valence-corrected chi connectivity index (χ0v) is 12.0. The van der Waals surface area contributed by atoms with Crippen molar-refractivity contribution in [1.29, 1.82) is 0 Å². The number of hydrogen-bond acceptors (Lipinski definition) is 4. The van der Waals surface area contributed by atoms with E-state index in [0.717, 1.165) is 38.5 Å². The van der Waals surface area contributed by atoms with Crippen LogP contribution in [0.15, 0.2) is 24.3 Å². The molecule has 1 saturated heterocycles. The van der Waals surface area contributed by atoms with Gasteiger partial charge in [0.2, 0.25) is 0 Å². The Kier molecular flexibility index (Phi) is 5.83. The summed E-state index contributed by atoms with van der Waals surface area (Å²) in [6.45, 7) is 8.35. The normalized spacial score (nSPS) is 15.8. The number of hydrogen-bond donors (Lipinski definition) is 2. The van der Waals surface area contributed by atoms with E-state index in [4.69, 9.17) is 4.74 Å². The Bertz CT molecular complexity index is 414. The fourth-order valence-electron chi connectivity index (χ4n) is 2.23. The summed E-state index contributed by atoms with van der Waals surface area (Å²) in [5.41, 5.74) is 0.675. The molecule has 5 nitrogen and oxygen atoms in total. The van der Waals surface area contributed by atoms with Crippen LogP contribution in [0.3, 0.4) is 0 Å². The quantitative estimate of drug-likeness (QED) is 0.804. The molecule has 5 heteroatoms. The number of ether oxygens (including phenoxy) is 1. The molecule has 2 rings (SSSR count). The van der Waals surface area contributed by atoms with Crippen LogP contribution >= 0.6 is 0 Å². The average molecular weight is 277 g/mol. The van der Waals surface area contributed by atoms with Crippen molar-refractivity contribution in [3.05, 3.63) is 29.8 Å². The third kappa shape index (κ3) is 4.51. The molecule has 0 unspecified atom stereocenters. The lowest BCUT2D eigenvalue weighted by molar-refractivity contribution is 0.0947. The molecule has 0 bridgehead atoms. The van der Waals surface area contributed by atoms with Crippen LogP contribution in [-0.2, 0) is 0 Å². The monoisotopic (exact) mass is 277 g/mol. The van der Waals surface area contributed by atoms with Gasteiger partial charge in [0.25, 0.3) is 5.91 Å². The van der Waals surface area contributed by atoms with Gasteiger partial charge >= 0.3 is 0 Å². The first-order valence-corrected chi connectivity index (χ1v) is 7.23. The number of benzene rings is 1. The van der Waals surface area contributed by atoms with E-state index in [1.165, 1.54) is 0 Å². The summed E-state index contributed by atoms with van der Waals surface area (Å²) >= 11 is 0. The molecule has 0 radical (unpaired) electrons. The Morgan fingerprint density at radius 1 is 1.30 bits per heavy atom. The van der Waals surface area contributed by atoms with Gasteiger partial charge < -0.3 is 15.4 Å². The van der Waals surface area contributed by atoms with Gasteiger partial charge in [-0.3, -0.25) is 9.69 Å². The Balaban J connectivity index is 1.73.